The van der Waals surface area contributed by atoms with Gasteiger partial charge in [0, 0.05) is 18.4 Å². The Morgan fingerprint density at radius 1 is 1.08 bits per heavy atom. The SMILES string of the molecule is O=S(=O)(N[C@@H]1CC[C@H]2OCCO[C@H]2C1)c1ccc(-n2cccn2)cc1. The van der Waals surface area contributed by atoms with E-state index in [4.69, 9.17) is 9.47 Å². The molecule has 7 nitrogen and oxygen atoms in total. The maximum Gasteiger partial charge on any atom is 0.240 e. The van der Waals surface area contributed by atoms with Crippen LogP contribution in [-0.2, 0) is 19.5 Å². The highest BCUT2D eigenvalue weighted by atomic mass is 32.2. The largest absolute Gasteiger partial charge is 0.373 e. The van der Waals surface area contributed by atoms with Crippen LogP contribution in [0.5, 0.6) is 0 Å². The molecular weight excluding hydrogens is 342 g/mol. The number of aromatic nitrogens is 2. The summed E-state index contributed by atoms with van der Waals surface area (Å²) in [4.78, 5) is 0.256. The summed E-state index contributed by atoms with van der Waals surface area (Å²) in [6.07, 6.45) is 5.80. The maximum absolute atomic E-state index is 12.7. The summed E-state index contributed by atoms with van der Waals surface area (Å²) in [5.74, 6) is 0. The average Bonchev–Trinajstić information content (AvgIpc) is 3.16. The first-order valence-electron chi connectivity index (χ1n) is 8.47. The number of benzene rings is 1. The Kier molecular flexibility index (Phi) is 4.60. The molecule has 25 heavy (non-hydrogen) atoms. The molecule has 4 rings (SSSR count). The second-order valence-corrected chi connectivity index (χ2v) is 8.11. The molecule has 0 radical (unpaired) electrons. The van der Waals surface area contributed by atoms with Crippen LogP contribution in [0.2, 0.25) is 0 Å². The van der Waals surface area contributed by atoms with E-state index in [0.29, 0.717) is 19.6 Å². The van der Waals surface area contributed by atoms with Gasteiger partial charge in [0.15, 0.2) is 0 Å². The first-order valence-corrected chi connectivity index (χ1v) is 9.96. The molecule has 2 heterocycles. The molecule has 1 aromatic heterocycles. The van der Waals surface area contributed by atoms with E-state index in [9.17, 15) is 8.42 Å². The van der Waals surface area contributed by atoms with Crippen molar-refractivity contribution in [3.8, 4) is 5.69 Å². The van der Waals surface area contributed by atoms with E-state index in [-0.39, 0.29) is 23.1 Å². The number of hydrogen-bond acceptors (Lipinski definition) is 5. The van der Waals surface area contributed by atoms with Gasteiger partial charge in [-0.25, -0.2) is 17.8 Å². The molecular formula is C17H21N3O4S. The summed E-state index contributed by atoms with van der Waals surface area (Å²) in [6, 6.07) is 8.39. The molecule has 3 atom stereocenters. The Hall–Kier alpha value is -1.74. The molecule has 1 aromatic carbocycles. The van der Waals surface area contributed by atoms with Gasteiger partial charge in [-0.1, -0.05) is 0 Å². The van der Waals surface area contributed by atoms with E-state index in [1.54, 1.807) is 35.1 Å². The van der Waals surface area contributed by atoms with Crippen LogP contribution in [0.25, 0.3) is 5.69 Å². The predicted octanol–water partition coefficient (Wildman–Crippen LogP) is 1.49. The van der Waals surface area contributed by atoms with Crippen molar-refractivity contribution < 1.29 is 17.9 Å². The molecule has 1 aliphatic heterocycles. The Bertz CT molecular complexity index is 805. The van der Waals surface area contributed by atoms with Crippen LogP contribution < -0.4 is 4.72 Å². The Morgan fingerprint density at radius 2 is 1.84 bits per heavy atom. The summed E-state index contributed by atoms with van der Waals surface area (Å²) >= 11 is 0. The maximum atomic E-state index is 12.7. The lowest BCUT2D eigenvalue weighted by Crippen LogP contribution is -2.49. The lowest BCUT2D eigenvalue weighted by Gasteiger charge is -2.38. The monoisotopic (exact) mass is 363 g/mol. The first kappa shape index (κ1) is 16.7. The highest BCUT2D eigenvalue weighted by Crippen LogP contribution is 2.27. The molecule has 2 aliphatic rings. The first-order chi connectivity index (χ1) is 12.1. The van der Waals surface area contributed by atoms with Crippen LogP contribution >= 0.6 is 0 Å². The van der Waals surface area contributed by atoms with Crippen LogP contribution in [0.3, 0.4) is 0 Å². The third-order valence-corrected chi connectivity index (χ3v) is 6.25. The number of sulfonamides is 1. The summed E-state index contributed by atoms with van der Waals surface area (Å²) in [6.45, 7) is 1.20. The molecule has 0 unspecified atom stereocenters. The number of hydrogen-bond donors (Lipinski definition) is 1. The van der Waals surface area contributed by atoms with Gasteiger partial charge in [-0.05, 0) is 49.6 Å². The zero-order valence-corrected chi connectivity index (χ0v) is 14.6. The summed E-state index contributed by atoms with van der Waals surface area (Å²) in [7, 11) is -3.56. The second-order valence-electron chi connectivity index (χ2n) is 6.39. The molecule has 2 aromatic rings. The Morgan fingerprint density at radius 3 is 2.56 bits per heavy atom. The van der Waals surface area contributed by atoms with E-state index in [2.05, 4.69) is 9.82 Å². The van der Waals surface area contributed by atoms with Crippen molar-refractivity contribution in [1.29, 1.82) is 0 Å². The molecule has 2 fully saturated rings. The number of nitrogens with zero attached hydrogens (tertiary/aromatic N) is 2. The molecule has 1 saturated heterocycles. The van der Waals surface area contributed by atoms with Crippen molar-refractivity contribution in [2.24, 2.45) is 0 Å². The number of ether oxygens (including phenoxy) is 2. The molecule has 0 bridgehead atoms. The molecule has 8 heteroatoms. The van der Waals surface area contributed by atoms with Gasteiger partial charge in [-0.2, -0.15) is 5.10 Å². The van der Waals surface area contributed by atoms with E-state index in [1.807, 2.05) is 12.3 Å². The smallest absolute Gasteiger partial charge is 0.240 e. The highest BCUT2D eigenvalue weighted by Gasteiger charge is 2.35. The van der Waals surface area contributed by atoms with Gasteiger partial charge in [-0.3, -0.25) is 0 Å². The molecule has 1 saturated carbocycles. The van der Waals surface area contributed by atoms with Gasteiger partial charge >= 0.3 is 0 Å². The highest BCUT2D eigenvalue weighted by molar-refractivity contribution is 7.89. The van der Waals surface area contributed by atoms with Crippen LogP contribution in [0.15, 0.2) is 47.6 Å². The van der Waals surface area contributed by atoms with Crippen molar-refractivity contribution in [2.75, 3.05) is 13.2 Å². The standard InChI is InChI=1S/C17H21N3O4S/c21-25(22,15-5-3-14(4-6-15)20-9-1-8-18-20)19-13-2-7-16-17(12-13)24-11-10-23-16/h1,3-6,8-9,13,16-17,19H,2,7,10-12H2/t13-,16-,17+/m1/s1. The fourth-order valence-corrected chi connectivity index (χ4v) is 4.74. The van der Waals surface area contributed by atoms with E-state index >= 15 is 0 Å². The quantitative estimate of drug-likeness (QED) is 0.890. The Labute approximate surface area is 147 Å². The van der Waals surface area contributed by atoms with Gasteiger partial charge in [0.05, 0.1) is 36.0 Å². The molecule has 0 amide bonds. The normalized spacial score (nSPS) is 27.0. The summed E-state index contributed by atoms with van der Waals surface area (Å²) < 4.78 is 41.2. The van der Waals surface area contributed by atoms with Gasteiger partial charge in [0.1, 0.15) is 0 Å². The van der Waals surface area contributed by atoms with E-state index < -0.39 is 10.0 Å². The van der Waals surface area contributed by atoms with Crippen molar-refractivity contribution in [1.82, 2.24) is 14.5 Å². The zero-order chi connectivity index (χ0) is 17.3. The van der Waals surface area contributed by atoms with Gasteiger partial charge in [0.25, 0.3) is 0 Å². The minimum Gasteiger partial charge on any atom is -0.373 e. The summed E-state index contributed by atoms with van der Waals surface area (Å²) in [5, 5.41) is 4.14. The minimum absolute atomic E-state index is 0.0163. The van der Waals surface area contributed by atoms with Crippen molar-refractivity contribution >= 4 is 10.0 Å². The Balaban J connectivity index is 1.44. The third kappa shape index (κ3) is 3.62. The molecule has 1 N–H and O–H groups in total. The fraction of sp³-hybridized carbons (Fsp3) is 0.471. The van der Waals surface area contributed by atoms with Crippen molar-refractivity contribution in [3.05, 3.63) is 42.7 Å². The molecule has 134 valence electrons. The van der Waals surface area contributed by atoms with Gasteiger partial charge in [0.2, 0.25) is 10.0 Å². The van der Waals surface area contributed by atoms with Gasteiger partial charge in [-0.15, -0.1) is 0 Å². The third-order valence-electron chi connectivity index (χ3n) is 4.72. The van der Waals surface area contributed by atoms with Crippen LogP contribution in [-0.4, -0.2) is 49.7 Å². The summed E-state index contributed by atoms with van der Waals surface area (Å²) in [5.41, 5.74) is 0.817. The van der Waals surface area contributed by atoms with E-state index in [1.165, 1.54) is 0 Å². The fourth-order valence-electron chi connectivity index (χ4n) is 3.46. The zero-order valence-electron chi connectivity index (χ0n) is 13.7. The number of rotatable bonds is 4. The van der Waals surface area contributed by atoms with Crippen LogP contribution in [0.4, 0.5) is 0 Å². The second kappa shape index (κ2) is 6.87. The lowest BCUT2D eigenvalue weighted by atomic mass is 9.90. The minimum atomic E-state index is -3.56. The van der Waals surface area contributed by atoms with Crippen LogP contribution in [0.1, 0.15) is 19.3 Å². The topological polar surface area (TPSA) is 82.5 Å². The number of fused-ring (bicyclic) bond motifs is 1. The predicted molar refractivity (Wildman–Crippen MR) is 91.0 cm³/mol. The molecule has 1 aliphatic carbocycles. The van der Waals surface area contributed by atoms with Gasteiger partial charge < -0.3 is 9.47 Å². The average molecular weight is 363 g/mol. The van der Waals surface area contributed by atoms with E-state index in [0.717, 1.165) is 18.5 Å². The van der Waals surface area contributed by atoms with Crippen molar-refractivity contribution in [2.45, 2.75) is 42.4 Å². The van der Waals surface area contributed by atoms with Crippen LogP contribution in [0, 0.1) is 0 Å². The number of nitrogens with one attached hydrogen (secondary N) is 1. The lowest BCUT2D eigenvalue weighted by molar-refractivity contribution is -0.156. The van der Waals surface area contributed by atoms with Crippen molar-refractivity contribution in [3.63, 3.8) is 0 Å². The molecule has 0 spiro atoms.